The predicted octanol–water partition coefficient (Wildman–Crippen LogP) is 3.22. The molecule has 39 heavy (non-hydrogen) atoms. The zero-order valence-electron chi connectivity index (χ0n) is 22.6. The van der Waals surface area contributed by atoms with Crippen LogP contribution in [0.5, 0.6) is 0 Å². The number of aliphatic hydroxyl groups excluding tert-OH is 1. The van der Waals surface area contributed by atoms with E-state index in [1.54, 1.807) is 12.4 Å². The van der Waals surface area contributed by atoms with Crippen molar-refractivity contribution in [3.05, 3.63) is 89.2 Å². The minimum Gasteiger partial charge on any atom is -0.392 e. The molecule has 4 atom stereocenters. The summed E-state index contributed by atoms with van der Waals surface area (Å²) in [5, 5.41) is 12.3. The average molecular weight is 532 g/mol. The van der Waals surface area contributed by atoms with Crippen LogP contribution in [0.2, 0.25) is 0 Å². The number of ether oxygens (including phenoxy) is 2. The maximum Gasteiger partial charge on any atom is 0.225 e. The second-order valence-corrected chi connectivity index (χ2v) is 10.3. The van der Waals surface area contributed by atoms with Crippen molar-refractivity contribution < 1.29 is 19.4 Å². The topological polar surface area (TPSA) is 100 Å². The number of nitrogens with one attached hydrogen (secondary N) is 1. The fraction of sp³-hybridized carbons (Fsp3) is 0.433. The van der Waals surface area contributed by atoms with Crippen molar-refractivity contribution in [2.24, 2.45) is 5.92 Å². The SMILES string of the molecule is CC(=O)NCc1ccc([C@@H]2O[C@H](CN3CCN(c4ncccn4)CC3)[C@H](C)[C@H](c3ccc(CO)cc3)O2)cc1. The number of carbonyl (C=O) groups excluding carboxylic acids is 1. The summed E-state index contributed by atoms with van der Waals surface area (Å²) < 4.78 is 13.2. The van der Waals surface area contributed by atoms with Crippen LogP contribution in [0.15, 0.2) is 67.0 Å². The molecule has 9 nitrogen and oxygen atoms in total. The molecule has 0 saturated carbocycles. The third-order valence-electron chi connectivity index (χ3n) is 7.56. The number of hydrogen-bond acceptors (Lipinski definition) is 8. The molecule has 9 heteroatoms. The van der Waals surface area contributed by atoms with Crippen LogP contribution in [-0.4, -0.2) is 64.7 Å². The lowest BCUT2D eigenvalue weighted by molar-refractivity contribution is -0.276. The first-order chi connectivity index (χ1) is 19.0. The molecule has 1 amide bonds. The molecule has 0 aliphatic carbocycles. The molecule has 206 valence electrons. The van der Waals surface area contributed by atoms with Gasteiger partial charge >= 0.3 is 0 Å². The zero-order valence-corrected chi connectivity index (χ0v) is 22.6. The zero-order chi connectivity index (χ0) is 27.2. The van der Waals surface area contributed by atoms with Crippen LogP contribution in [-0.2, 0) is 27.4 Å². The Balaban J connectivity index is 1.30. The first-order valence-corrected chi connectivity index (χ1v) is 13.6. The maximum atomic E-state index is 11.3. The molecule has 0 unspecified atom stereocenters. The normalized spacial score (nSPS) is 23.9. The molecule has 0 bridgehead atoms. The molecule has 2 aliphatic heterocycles. The van der Waals surface area contributed by atoms with Crippen LogP contribution >= 0.6 is 0 Å². The number of nitrogens with zero attached hydrogens (tertiary/aromatic N) is 4. The van der Waals surface area contributed by atoms with Gasteiger partial charge in [0, 0.05) is 70.1 Å². The Morgan fingerprint density at radius 2 is 1.59 bits per heavy atom. The van der Waals surface area contributed by atoms with Crippen LogP contribution in [0.4, 0.5) is 5.95 Å². The summed E-state index contributed by atoms with van der Waals surface area (Å²) in [4.78, 5) is 24.8. The van der Waals surface area contributed by atoms with Crippen molar-refractivity contribution in [1.82, 2.24) is 20.2 Å². The smallest absolute Gasteiger partial charge is 0.225 e. The molecule has 2 fully saturated rings. The molecule has 0 radical (unpaired) electrons. The van der Waals surface area contributed by atoms with E-state index in [9.17, 15) is 9.90 Å². The highest BCUT2D eigenvalue weighted by Gasteiger charge is 2.39. The highest BCUT2D eigenvalue weighted by Crippen LogP contribution is 2.42. The maximum absolute atomic E-state index is 11.3. The highest BCUT2D eigenvalue weighted by atomic mass is 16.7. The monoisotopic (exact) mass is 531 g/mol. The number of carbonyl (C=O) groups is 1. The highest BCUT2D eigenvalue weighted by molar-refractivity contribution is 5.72. The number of anilines is 1. The van der Waals surface area contributed by atoms with E-state index in [1.807, 2.05) is 54.6 Å². The van der Waals surface area contributed by atoms with Gasteiger partial charge in [-0.3, -0.25) is 9.69 Å². The van der Waals surface area contributed by atoms with Crippen molar-refractivity contribution in [3.8, 4) is 0 Å². The van der Waals surface area contributed by atoms with Crippen LogP contribution < -0.4 is 10.2 Å². The van der Waals surface area contributed by atoms with E-state index in [4.69, 9.17) is 9.47 Å². The summed E-state index contributed by atoms with van der Waals surface area (Å²) in [5.41, 5.74) is 3.92. The Bertz CT molecular complexity index is 1200. The first-order valence-electron chi connectivity index (χ1n) is 13.6. The van der Waals surface area contributed by atoms with Gasteiger partial charge in [-0.2, -0.15) is 0 Å². The number of amides is 1. The quantitative estimate of drug-likeness (QED) is 0.457. The molecule has 0 spiro atoms. The first kappa shape index (κ1) is 27.2. The third kappa shape index (κ3) is 6.80. The second kappa shape index (κ2) is 12.7. The molecule has 3 aromatic rings. The Kier molecular flexibility index (Phi) is 8.83. The average Bonchev–Trinajstić information content (AvgIpc) is 2.98. The molecule has 3 heterocycles. The Hall–Kier alpha value is -3.37. The van der Waals surface area contributed by atoms with Gasteiger partial charge in [0.05, 0.1) is 18.8 Å². The Morgan fingerprint density at radius 3 is 2.23 bits per heavy atom. The summed E-state index contributed by atoms with van der Waals surface area (Å²) in [7, 11) is 0. The van der Waals surface area contributed by atoms with E-state index < -0.39 is 6.29 Å². The van der Waals surface area contributed by atoms with Crippen LogP contribution in [0.25, 0.3) is 0 Å². The van der Waals surface area contributed by atoms with E-state index >= 15 is 0 Å². The molecule has 2 saturated heterocycles. The summed E-state index contributed by atoms with van der Waals surface area (Å²) in [6, 6.07) is 17.9. The van der Waals surface area contributed by atoms with E-state index in [0.717, 1.165) is 60.9 Å². The number of aromatic nitrogens is 2. The summed E-state index contributed by atoms with van der Waals surface area (Å²) >= 11 is 0. The Labute approximate surface area is 229 Å². The van der Waals surface area contributed by atoms with Gasteiger partial charge in [0.15, 0.2) is 6.29 Å². The summed E-state index contributed by atoms with van der Waals surface area (Å²) in [6.07, 6.45) is 2.87. The van der Waals surface area contributed by atoms with Gasteiger partial charge in [0.1, 0.15) is 0 Å². The molecule has 2 aliphatic rings. The largest absolute Gasteiger partial charge is 0.392 e. The van der Waals surface area contributed by atoms with Gasteiger partial charge in [0.25, 0.3) is 0 Å². The molecule has 2 aromatic carbocycles. The molecular formula is C30H37N5O4. The fourth-order valence-electron chi connectivity index (χ4n) is 5.19. The predicted molar refractivity (Wildman–Crippen MR) is 148 cm³/mol. The number of rotatable bonds is 8. The van der Waals surface area contributed by atoms with Crippen LogP contribution in [0.3, 0.4) is 0 Å². The third-order valence-corrected chi connectivity index (χ3v) is 7.56. The van der Waals surface area contributed by atoms with Crippen molar-refractivity contribution in [2.75, 3.05) is 37.6 Å². The van der Waals surface area contributed by atoms with Gasteiger partial charge in [-0.1, -0.05) is 55.5 Å². The minimum atomic E-state index is -0.512. The number of piperazine rings is 1. The molecule has 1 aromatic heterocycles. The van der Waals surface area contributed by atoms with Crippen molar-refractivity contribution >= 4 is 11.9 Å². The van der Waals surface area contributed by atoms with Crippen molar-refractivity contribution in [2.45, 2.75) is 45.5 Å². The second-order valence-electron chi connectivity index (χ2n) is 10.3. The van der Waals surface area contributed by atoms with Crippen molar-refractivity contribution in [3.63, 3.8) is 0 Å². The van der Waals surface area contributed by atoms with Crippen molar-refractivity contribution in [1.29, 1.82) is 0 Å². The lowest BCUT2D eigenvalue weighted by Crippen LogP contribution is -2.51. The van der Waals surface area contributed by atoms with Gasteiger partial charge < -0.3 is 24.8 Å². The number of hydrogen-bond donors (Lipinski definition) is 2. The summed E-state index contributed by atoms with van der Waals surface area (Å²) in [5.74, 6) is 0.846. The Morgan fingerprint density at radius 1 is 0.949 bits per heavy atom. The van der Waals surface area contributed by atoms with Gasteiger partial charge in [-0.25, -0.2) is 9.97 Å². The lowest BCUT2D eigenvalue weighted by Gasteiger charge is -2.44. The van der Waals surface area contributed by atoms with Crippen LogP contribution in [0.1, 0.15) is 48.5 Å². The fourth-order valence-corrected chi connectivity index (χ4v) is 5.19. The summed E-state index contributed by atoms with van der Waals surface area (Å²) in [6.45, 7) is 8.56. The van der Waals surface area contributed by atoms with Crippen LogP contribution in [0, 0.1) is 5.92 Å². The lowest BCUT2D eigenvalue weighted by atomic mass is 9.90. The van der Waals surface area contributed by atoms with Gasteiger partial charge in [-0.05, 0) is 22.8 Å². The van der Waals surface area contributed by atoms with E-state index in [0.29, 0.717) is 6.54 Å². The molecule has 5 rings (SSSR count). The van der Waals surface area contributed by atoms with E-state index in [1.165, 1.54) is 6.92 Å². The van der Waals surface area contributed by atoms with Gasteiger partial charge in [-0.15, -0.1) is 0 Å². The molecule has 2 N–H and O–H groups in total. The standard InChI is InChI=1S/C30H37N5O4/c1-21-27(19-34-14-16-35(17-15-34)30-31-12-3-13-32-30)38-29(26-10-4-23(5-11-26)18-33-22(2)37)39-28(21)25-8-6-24(20-36)7-9-25/h3-13,21,27-29,36H,14-20H2,1-2H3,(H,33,37)/t21-,27+,28+,29+/m0/s1. The van der Waals surface area contributed by atoms with E-state index in [-0.39, 0.29) is 30.6 Å². The van der Waals surface area contributed by atoms with E-state index in [2.05, 4.69) is 32.0 Å². The number of benzene rings is 2. The minimum absolute atomic E-state index is 0.0144. The molecular weight excluding hydrogens is 494 g/mol. The van der Waals surface area contributed by atoms with Gasteiger partial charge in [0.2, 0.25) is 11.9 Å². The number of aliphatic hydroxyl groups is 1.